The second kappa shape index (κ2) is 3.26. The van der Waals surface area contributed by atoms with Crippen molar-refractivity contribution in [3.05, 3.63) is 29.4 Å². The zero-order chi connectivity index (χ0) is 9.26. The summed E-state index contributed by atoms with van der Waals surface area (Å²) >= 11 is 3.18. The minimum Gasteiger partial charge on any atom is -0.268 e. The van der Waals surface area contributed by atoms with Gasteiger partial charge in [0.25, 0.3) is 0 Å². The standard InChI is InChI=1S/C8H7BrN4/c1-13-7(2-3-12-13)6-4-10-8(9)11-5-6/h2-5H,1H3. The van der Waals surface area contributed by atoms with E-state index in [-0.39, 0.29) is 0 Å². The number of hydrogen-bond acceptors (Lipinski definition) is 3. The lowest BCUT2D eigenvalue weighted by atomic mass is 10.2. The Balaban J connectivity index is 2.47. The van der Waals surface area contributed by atoms with E-state index in [0.29, 0.717) is 4.73 Å². The van der Waals surface area contributed by atoms with Gasteiger partial charge in [-0.2, -0.15) is 5.10 Å². The average molecular weight is 239 g/mol. The van der Waals surface area contributed by atoms with Crippen LogP contribution in [0.5, 0.6) is 0 Å². The summed E-state index contributed by atoms with van der Waals surface area (Å²) in [4.78, 5) is 8.08. The molecule has 2 aromatic rings. The highest BCUT2D eigenvalue weighted by Gasteiger charge is 2.02. The molecular weight excluding hydrogens is 232 g/mol. The van der Waals surface area contributed by atoms with Gasteiger partial charge < -0.3 is 0 Å². The van der Waals surface area contributed by atoms with E-state index in [1.807, 2.05) is 13.1 Å². The molecule has 0 saturated carbocycles. The predicted octanol–water partition coefficient (Wildman–Crippen LogP) is 1.64. The molecule has 13 heavy (non-hydrogen) atoms. The number of rotatable bonds is 1. The molecule has 4 nitrogen and oxygen atoms in total. The quantitative estimate of drug-likeness (QED) is 0.710. The fraction of sp³-hybridized carbons (Fsp3) is 0.125. The molecule has 0 aliphatic rings. The van der Waals surface area contributed by atoms with Crippen LogP contribution in [0.2, 0.25) is 0 Å². The molecule has 2 aromatic heterocycles. The van der Waals surface area contributed by atoms with Crippen LogP contribution in [0.1, 0.15) is 0 Å². The van der Waals surface area contributed by atoms with Crippen molar-refractivity contribution in [1.82, 2.24) is 19.7 Å². The van der Waals surface area contributed by atoms with E-state index in [1.54, 1.807) is 23.3 Å². The third kappa shape index (κ3) is 1.60. The fourth-order valence-electron chi connectivity index (χ4n) is 1.10. The van der Waals surface area contributed by atoms with Gasteiger partial charge in [0, 0.05) is 31.2 Å². The van der Waals surface area contributed by atoms with Crippen LogP contribution >= 0.6 is 15.9 Å². The van der Waals surface area contributed by atoms with Crippen molar-refractivity contribution < 1.29 is 0 Å². The van der Waals surface area contributed by atoms with E-state index in [1.165, 1.54) is 0 Å². The molecule has 0 N–H and O–H groups in total. The van der Waals surface area contributed by atoms with Crippen molar-refractivity contribution in [2.24, 2.45) is 7.05 Å². The molecule has 0 amide bonds. The first kappa shape index (κ1) is 8.37. The number of aryl methyl sites for hydroxylation is 1. The van der Waals surface area contributed by atoms with Gasteiger partial charge in [-0.25, -0.2) is 9.97 Å². The Hall–Kier alpha value is -1.23. The van der Waals surface area contributed by atoms with Crippen LogP contribution in [-0.4, -0.2) is 19.7 Å². The molecule has 0 aliphatic carbocycles. The molecule has 0 unspecified atom stereocenters. The summed E-state index contributed by atoms with van der Waals surface area (Å²) in [6.07, 6.45) is 5.26. The molecular formula is C8H7BrN4. The highest BCUT2D eigenvalue weighted by Crippen LogP contribution is 2.16. The normalized spacial score (nSPS) is 10.3. The largest absolute Gasteiger partial charge is 0.268 e. The minimum atomic E-state index is 0.596. The lowest BCUT2D eigenvalue weighted by molar-refractivity contribution is 0.774. The van der Waals surface area contributed by atoms with Gasteiger partial charge in [0.05, 0.1) is 5.69 Å². The second-order valence-electron chi connectivity index (χ2n) is 2.58. The Bertz CT molecular complexity index is 406. The SMILES string of the molecule is Cn1nccc1-c1cnc(Br)nc1. The van der Waals surface area contributed by atoms with Crippen LogP contribution < -0.4 is 0 Å². The molecule has 2 heterocycles. The zero-order valence-electron chi connectivity index (χ0n) is 6.98. The molecule has 0 saturated heterocycles. The first-order chi connectivity index (χ1) is 6.27. The van der Waals surface area contributed by atoms with E-state index in [4.69, 9.17) is 0 Å². The van der Waals surface area contributed by atoms with E-state index in [2.05, 4.69) is 31.0 Å². The van der Waals surface area contributed by atoms with Gasteiger partial charge in [0.1, 0.15) is 0 Å². The Labute approximate surface area is 83.8 Å². The van der Waals surface area contributed by atoms with Crippen molar-refractivity contribution in [3.63, 3.8) is 0 Å². The van der Waals surface area contributed by atoms with E-state index < -0.39 is 0 Å². The van der Waals surface area contributed by atoms with Crippen molar-refractivity contribution in [3.8, 4) is 11.3 Å². The Morgan fingerprint density at radius 2 is 2.00 bits per heavy atom. The Morgan fingerprint density at radius 3 is 2.54 bits per heavy atom. The number of nitrogens with zero attached hydrogens (tertiary/aromatic N) is 4. The maximum Gasteiger partial charge on any atom is 0.196 e. The van der Waals surface area contributed by atoms with Gasteiger partial charge in [0.2, 0.25) is 0 Å². The van der Waals surface area contributed by atoms with Gasteiger partial charge in [-0.3, -0.25) is 4.68 Å². The highest BCUT2D eigenvalue weighted by atomic mass is 79.9. The molecule has 0 bridgehead atoms. The minimum absolute atomic E-state index is 0.596. The van der Waals surface area contributed by atoms with Gasteiger partial charge in [0.15, 0.2) is 4.73 Å². The Kier molecular flexibility index (Phi) is 2.10. The van der Waals surface area contributed by atoms with E-state index in [9.17, 15) is 0 Å². The van der Waals surface area contributed by atoms with E-state index >= 15 is 0 Å². The highest BCUT2D eigenvalue weighted by molar-refractivity contribution is 9.10. The van der Waals surface area contributed by atoms with Crippen LogP contribution in [0, 0.1) is 0 Å². The summed E-state index contributed by atoms with van der Waals surface area (Å²) in [5.74, 6) is 0. The summed E-state index contributed by atoms with van der Waals surface area (Å²) in [7, 11) is 1.89. The van der Waals surface area contributed by atoms with Gasteiger partial charge in [-0.1, -0.05) is 0 Å². The topological polar surface area (TPSA) is 43.6 Å². The third-order valence-electron chi connectivity index (χ3n) is 1.74. The lowest BCUT2D eigenvalue weighted by Crippen LogP contribution is -1.94. The number of hydrogen-bond donors (Lipinski definition) is 0. The van der Waals surface area contributed by atoms with Gasteiger partial charge >= 0.3 is 0 Å². The maximum absolute atomic E-state index is 4.06. The molecule has 0 aromatic carbocycles. The summed E-state index contributed by atoms with van der Waals surface area (Å²) in [5.41, 5.74) is 1.97. The summed E-state index contributed by atoms with van der Waals surface area (Å²) in [6.45, 7) is 0. The van der Waals surface area contributed by atoms with Crippen LogP contribution in [-0.2, 0) is 7.05 Å². The smallest absolute Gasteiger partial charge is 0.196 e. The van der Waals surface area contributed by atoms with Crippen LogP contribution in [0.25, 0.3) is 11.3 Å². The first-order valence-electron chi connectivity index (χ1n) is 3.73. The molecule has 0 spiro atoms. The average Bonchev–Trinajstić information content (AvgIpc) is 2.53. The molecule has 0 aliphatic heterocycles. The molecule has 5 heteroatoms. The second-order valence-corrected chi connectivity index (χ2v) is 3.29. The molecule has 66 valence electrons. The predicted molar refractivity (Wildman–Crippen MR) is 51.9 cm³/mol. The molecule has 0 atom stereocenters. The lowest BCUT2D eigenvalue weighted by Gasteiger charge is -1.99. The van der Waals surface area contributed by atoms with Gasteiger partial charge in [-0.05, 0) is 22.0 Å². The summed E-state index contributed by atoms with van der Waals surface area (Å²) < 4.78 is 2.38. The molecule has 0 fully saturated rings. The Morgan fingerprint density at radius 1 is 1.31 bits per heavy atom. The van der Waals surface area contributed by atoms with Crippen LogP contribution in [0.4, 0.5) is 0 Å². The monoisotopic (exact) mass is 238 g/mol. The molecule has 0 radical (unpaired) electrons. The zero-order valence-corrected chi connectivity index (χ0v) is 8.56. The van der Waals surface area contributed by atoms with Crippen molar-refractivity contribution in [2.75, 3.05) is 0 Å². The number of aromatic nitrogens is 4. The fourth-order valence-corrected chi connectivity index (χ4v) is 1.31. The van der Waals surface area contributed by atoms with Crippen LogP contribution in [0.15, 0.2) is 29.4 Å². The van der Waals surface area contributed by atoms with Crippen molar-refractivity contribution >= 4 is 15.9 Å². The maximum atomic E-state index is 4.06. The van der Waals surface area contributed by atoms with E-state index in [0.717, 1.165) is 11.3 Å². The van der Waals surface area contributed by atoms with Gasteiger partial charge in [-0.15, -0.1) is 0 Å². The summed E-state index contributed by atoms with van der Waals surface area (Å²) in [5, 5.41) is 4.06. The van der Waals surface area contributed by atoms with Crippen molar-refractivity contribution in [2.45, 2.75) is 0 Å². The number of halogens is 1. The summed E-state index contributed by atoms with van der Waals surface area (Å²) in [6, 6.07) is 1.92. The third-order valence-corrected chi connectivity index (χ3v) is 2.15. The first-order valence-corrected chi connectivity index (χ1v) is 4.52. The van der Waals surface area contributed by atoms with Crippen LogP contribution in [0.3, 0.4) is 0 Å². The van der Waals surface area contributed by atoms with Crippen molar-refractivity contribution in [1.29, 1.82) is 0 Å². The molecule has 2 rings (SSSR count).